The van der Waals surface area contributed by atoms with E-state index >= 15 is 0 Å². The molecule has 3 heterocycles. The van der Waals surface area contributed by atoms with Gasteiger partial charge in [0.05, 0.1) is 49.1 Å². The number of nitrogens with two attached hydrogens (primary N) is 1. The van der Waals surface area contributed by atoms with E-state index in [-0.39, 0.29) is 5.56 Å². The Bertz CT molecular complexity index is 1720. The highest BCUT2D eigenvalue weighted by atomic mass is 16.5. The van der Waals surface area contributed by atoms with Crippen molar-refractivity contribution in [2.45, 2.75) is 13.5 Å². The molecule has 3 aromatic heterocycles. The molecule has 2 aromatic carbocycles. The number of hydrogen-bond donors (Lipinski definition) is 1. The van der Waals surface area contributed by atoms with E-state index in [0.717, 1.165) is 22.2 Å². The number of aromatic nitrogens is 4. The quantitative estimate of drug-likeness (QED) is 0.307. The van der Waals surface area contributed by atoms with Gasteiger partial charge in [-0.1, -0.05) is 12.1 Å². The van der Waals surface area contributed by atoms with Crippen molar-refractivity contribution in [1.82, 2.24) is 19.3 Å². The minimum absolute atomic E-state index is 0.0433. The molecule has 0 bridgehead atoms. The molecule has 0 atom stereocenters. The van der Waals surface area contributed by atoms with Crippen LogP contribution in [0.15, 0.2) is 77.9 Å². The van der Waals surface area contributed by atoms with Crippen molar-refractivity contribution in [1.29, 1.82) is 0 Å². The van der Waals surface area contributed by atoms with Crippen molar-refractivity contribution in [3.05, 3.63) is 94.7 Å². The van der Waals surface area contributed by atoms with E-state index < -0.39 is 11.5 Å². The van der Waals surface area contributed by atoms with Gasteiger partial charge in [-0.2, -0.15) is 0 Å². The van der Waals surface area contributed by atoms with Gasteiger partial charge in [-0.3, -0.25) is 24.2 Å². The first kappa shape index (κ1) is 25.7. The van der Waals surface area contributed by atoms with Gasteiger partial charge in [0.25, 0.3) is 11.5 Å². The summed E-state index contributed by atoms with van der Waals surface area (Å²) in [6.45, 7) is 2.42. The van der Waals surface area contributed by atoms with Gasteiger partial charge in [0.1, 0.15) is 22.8 Å². The smallest absolute Gasteiger partial charge is 0.284 e. The average molecular weight is 526 g/mol. The summed E-state index contributed by atoms with van der Waals surface area (Å²) in [5.74, 6) is 1.16. The molecule has 5 aromatic rings. The van der Waals surface area contributed by atoms with E-state index in [9.17, 15) is 9.59 Å². The predicted octanol–water partition coefficient (Wildman–Crippen LogP) is 4.10. The molecule has 5 rings (SSSR count). The van der Waals surface area contributed by atoms with Crippen molar-refractivity contribution < 1.29 is 19.0 Å². The van der Waals surface area contributed by atoms with E-state index in [2.05, 4.69) is 9.97 Å². The Balaban J connectivity index is 1.46. The number of methoxy groups -OCH3 is 2. The summed E-state index contributed by atoms with van der Waals surface area (Å²) >= 11 is 0. The third-order valence-corrected chi connectivity index (χ3v) is 6.41. The molecule has 1 amide bonds. The minimum atomic E-state index is -0.767. The van der Waals surface area contributed by atoms with Crippen LogP contribution in [-0.2, 0) is 11.3 Å². The van der Waals surface area contributed by atoms with Crippen LogP contribution >= 0.6 is 0 Å². The average Bonchev–Trinajstić information content (AvgIpc) is 3.21. The second kappa shape index (κ2) is 10.8. The topological polar surface area (TPSA) is 123 Å². The van der Waals surface area contributed by atoms with Crippen molar-refractivity contribution in [2.24, 2.45) is 5.73 Å². The van der Waals surface area contributed by atoms with E-state index in [0.29, 0.717) is 41.7 Å². The molecule has 0 fully saturated rings. The molecule has 10 heteroatoms. The van der Waals surface area contributed by atoms with Crippen LogP contribution in [-0.4, -0.2) is 46.1 Å². The summed E-state index contributed by atoms with van der Waals surface area (Å²) in [5.41, 5.74) is 8.27. The number of carbonyl (C=O) groups excluding carboxylic acids is 1. The van der Waals surface area contributed by atoms with Crippen molar-refractivity contribution in [2.75, 3.05) is 20.8 Å². The molecule has 0 saturated carbocycles. The molecule has 0 aliphatic rings. The Hall–Kier alpha value is -4.96. The number of pyridine rings is 2. The van der Waals surface area contributed by atoms with Crippen LogP contribution in [0.5, 0.6) is 17.2 Å². The van der Waals surface area contributed by atoms with Crippen LogP contribution in [0, 0.1) is 6.92 Å². The molecule has 0 aliphatic carbocycles. The normalized spacial score (nSPS) is 11.1. The Labute approximate surface area is 224 Å². The van der Waals surface area contributed by atoms with E-state index in [4.69, 9.17) is 19.9 Å². The third kappa shape index (κ3) is 4.97. The molecule has 0 radical (unpaired) electrons. The summed E-state index contributed by atoms with van der Waals surface area (Å²) in [6, 6.07) is 18.4. The molecule has 198 valence electrons. The van der Waals surface area contributed by atoms with Gasteiger partial charge >= 0.3 is 0 Å². The number of fused-ring (bicyclic) bond motifs is 1. The lowest BCUT2D eigenvalue weighted by molar-refractivity contribution is 0.0998. The molecular weight excluding hydrogens is 498 g/mol. The maximum atomic E-state index is 13.2. The Kier molecular flexibility index (Phi) is 7.11. The molecule has 10 nitrogen and oxygen atoms in total. The van der Waals surface area contributed by atoms with E-state index in [1.165, 1.54) is 4.68 Å². The van der Waals surface area contributed by atoms with Gasteiger partial charge in [-0.15, -0.1) is 0 Å². The number of primary amides is 1. The lowest BCUT2D eigenvalue weighted by Gasteiger charge is -2.14. The first-order chi connectivity index (χ1) is 18.9. The number of amides is 1. The van der Waals surface area contributed by atoms with E-state index in [1.807, 2.05) is 48.5 Å². The Morgan fingerprint density at radius 2 is 1.82 bits per heavy atom. The second-order valence-corrected chi connectivity index (χ2v) is 8.78. The molecule has 2 N–H and O–H groups in total. The van der Waals surface area contributed by atoms with Crippen LogP contribution in [0.2, 0.25) is 0 Å². The van der Waals surface area contributed by atoms with Gasteiger partial charge < -0.3 is 19.9 Å². The fourth-order valence-corrected chi connectivity index (χ4v) is 4.49. The lowest BCUT2D eigenvalue weighted by atomic mass is 10.1. The van der Waals surface area contributed by atoms with Crippen LogP contribution in [0.25, 0.3) is 27.8 Å². The highest BCUT2D eigenvalue weighted by Gasteiger charge is 2.22. The number of ether oxygens (including phenoxy) is 3. The fourth-order valence-electron chi connectivity index (χ4n) is 4.49. The summed E-state index contributed by atoms with van der Waals surface area (Å²) in [4.78, 5) is 34.1. The van der Waals surface area contributed by atoms with Crippen LogP contribution in [0.3, 0.4) is 0 Å². The van der Waals surface area contributed by atoms with E-state index in [1.54, 1.807) is 50.4 Å². The van der Waals surface area contributed by atoms with Gasteiger partial charge in [-0.25, -0.2) is 4.68 Å². The number of carbonyl (C=O) groups is 1. The Morgan fingerprint density at radius 1 is 1.00 bits per heavy atom. The summed E-state index contributed by atoms with van der Waals surface area (Å²) < 4.78 is 19.7. The van der Waals surface area contributed by atoms with Crippen molar-refractivity contribution >= 4 is 16.8 Å². The molecule has 0 aliphatic heterocycles. The molecule has 39 heavy (non-hydrogen) atoms. The first-order valence-electron chi connectivity index (χ1n) is 12.2. The number of nitrogens with zero attached hydrogens (tertiary/aromatic N) is 4. The molecule has 0 spiro atoms. The standard InChI is InChI=1S/C29H27N5O5/c1-18-27(28(30)35)29(36)34(33(18)13-14-37-2)20-6-4-5-19(15-20)24-10-8-22(17-32-24)39-26-11-12-31-25-16-21(38-3)7-9-23(25)26/h4-12,15-17H,13-14H2,1-3H3,(H2,30,35). The maximum Gasteiger partial charge on any atom is 0.284 e. The van der Waals surface area contributed by atoms with Crippen LogP contribution in [0.4, 0.5) is 0 Å². The van der Waals surface area contributed by atoms with Gasteiger partial charge in [0.2, 0.25) is 0 Å². The number of benzene rings is 2. The van der Waals surface area contributed by atoms with Crippen LogP contribution < -0.4 is 20.8 Å². The number of hydrogen-bond acceptors (Lipinski definition) is 7. The Morgan fingerprint density at radius 3 is 2.54 bits per heavy atom. The highest BCUT2D eigenvalue weighted by molar-refractivity contribution is 5.93. The SMILES string of the molecule is COCCn1c(C)c(C(N)=O)c(=O)n1-c1cccc(-c2ccc(Oc3ccnc4cc(OC)ccc34)cn2)c1. The zero-order chi connectivity index (χ0) is 27.5. The molecular formula is C29H27N5O5. The number of rotatable bonds is 9. The van der Waals surface area contributed by atoms with Crippen molar-refractivity contribution in [3.8, 4) is 34.2 Å². The third-order valence-electron chi connectivity index (χ3n) is 6.41. The summed E-state index contributed by atoms with van der Waals surface area (Å²) in [7, 11) is 3.19. The lowest BCUT2D eigenvalue weighted by Crippen LogP contribution is -2.26. The van der Waals surface area contributed by atoms with Gasteiger partial charge in [0, 0.05) is 30.3 Å². The van der Waals surface area contributed by atoms with Crippen LogP contribution in [0.1, 0.15) is 16.1 Å². The second-order valence-electron chi connectivity index (χ2n) is 8.78. The zero-order valence-electron chi connectivity index (χ0n) is 21.7. The summed E-state index contributed by atoms with van der Waals surface area (Å²) in [5, 5.41) is 0.850. The van der Waals surface area contributed by atoms with Gasteiger partial charge in [0.15, 0.2) is 0 Å². The van der Waals surface area contributed by atoms with Crippen molar-refractivity contribution in [3.63, 3.8) is 0 Å². The summed E-state index contributed by atoms with van der Waals surface area (Å²) in [6.07, 6.45) is 3.32. The maximum absolute atomic E-state index is 13.2. The molecule has 0 unspecified atom stereocenters. The predicted molar refractivity (Wildman–Crippen MR) is 147 cm³/mol. The zero-order valence-corrected chi connectivity index (χ0v) is 21.7. The van der Waals surface area contributed by atoms with Gasteiger partial charge in [-0.05, 0) is 49.4 Å². The largest absolute Gasteiger partial charge is 0.497 e. The first-order valence-corrected chi connectivity index (χ1v) is 12.2. The monoisotopic (exact) mass is 525 g/mol. The highest BCUT2D eigenvalue weighted by Crippen LogP contribution is 2.31. The fraction of sp³-hybridized carbons (Fsp3) is 0.172. The minimum Gasteiger partial charge on any atom is -0.497 e. The molecule has 0 saturated heterocycles.